The van der Waals surface area contributed by atoms with Crippen molar-refractivity contribution in [3.05, 3.63) is 48.0 Å². The van der Waals surface area contributed by atoms with Gasteiger partial charge in [-0.25, -0.2) is 4.98 Å². The van der Waals surface area contributed by atoms with Crippen molar-refractivity contribution in [3.63, 3.8) is 0 Å². The SMILES string of the molecule is CC(NC(=O)Cc1ccc(N)cc1)c1nccn1C. The van der Waals surface area contributed by atoms with Gasteiger partial charge in [-0.15, -0.1) is 0 Å². The van der Waals surface area contributed by atoms with E-state index in [1.807, 2.05) is 36.9 Å². The molecule has 19 heavy (non-hydrogen) atoms. The summed E-state index contributed by atoms with van der Waals surface area (Å²) >= 11 is 0. The molecular weight excluding hydrogens is 240 g/mol. The topological polar surface area (TPSA) is 72.9 Å². The number of hydrogen-bond donors (Lipinski definition) is 2. The second-order valence-electron chi connectivity index (χ2n) is 4.60. The van der Waals surface area contributed by atoms with Gasteiger partial charge in [-0.2, -0.15) is 0 Å². The number of benzene rings is 1. The molecule has 0 saturated heterocycles. The first-order chi connectivity index (χ1) is 9.06. The van der Waals surface area contributed by atoms with E-state index in [9.17, 15) is 4.79 Å². The lowest BCUT2D eigenvalue weighted by Gasteiger charge is -2.13. The van der Waals surface area contributed by atoms with Gasteiger partial charge in [-0.05, 0) is 24.6 Å². The molecule has 0 aliphatic rings. The number of rotatable bonds is 4. The predicted octanol–water partition coefficient (Wildman–Crippen LogP) is 1.42. The van der Waals surface area contributed by atoms with Crippen LogP contribution in [0, 0.1) is 0 Å². The van der Waals surface area contributed by atoms with Crippen molar-refractivity contribution >= 4 is 11.6 Å². The van der Waals surface area contributed by atoms with Crippen LogP contribution in [-0.4, -0.2) is 15.5 Å². The Morgan fingerprint density at radius 2 is 2.11 bits per heavy atom. The van der Waals surface area contributed by atoms with Crippen molar-refractivity contribution < 1.29 is 4.79 Å². The zero-order valence-electron chi connectivity index (χ0n) is 11.1. The number of carbonyl (C=O) groups excluding carboxylic acids is 1. The molecule has 1 unspecified atom stereocenters. The monoisotopic (exact) mass is 258 g/mol. The third-order valence-corrected chi connectivity index (χ3v) is 2.97. The highest BCUT2D eigenvalue weighted by atomic mass is 16.1. The zero-order valence-corrected chi connectivity index (χ0v) is 11.1. The lowest BCUT2D eigenvalue weighted by molar-refractivity contribution is -0.121. The quantitative estimate of drug-likeness (QED) is 0.815. The van der Waals surface area contributed by atoms with Crippen LogP contribution in [0.2, 0.25) is 0 Å². The minimum Gasteiger partial charge on any atom is -0.399 e. The maximum atomic E-state index is 11.9. The number of nitrogens with one attached hydrogen (secondary N) is 1. The van der Waals surface area contributed by atoms with Crippen LogP contribution < -0.4 is 11.1 Å². The number of nitrogens with zero attached hydrogens (tertiary/aromatic N) is 2. The molecule has 1 aromatic heterocycles. The highest BCUT2D eigenvalue weighted by molar-refractivity contribution is 5.79. The average Bonchev–Trinajstić information content (AvgIpc) is 2.78. The summed E-state index contributed by atoms with van der Waals surface area (Å²) in [5.74, 6) is 0.811. The smallest absolute Gasteiger partial charge is 0.224 e. The molecule has 3 N–H and O–H groups in total. The van der Waals surface area contributed by atoms with E-state index in [0.717, 1.165) is 11.4 Å². The lowest BCUT2D eigenvalue weighted by Crippen LogP contribution is -2.29. The largest absolute Gasteiger partial charge is 0.399 e. The van der Waals surface area contributed by atoms with Crippen LogP contribution in [0.15, 0.2) is 36.7 Å². The summed E-state index contributed by atoms with van der Waals surface area (Å²) < 4.78 is 1.90. The Morgan fingerprint density at radius 1 is 1.42 bits per heavy atom. The summed E-state index contributed by atoms with van der Waals surface area (Å²) in [7, 11) is 1.91. The molecule has 0 bridgehead atoms. The van der Waals surface area contributed by atoms with E-state index in [1.165, 1.54) is 0 Å². The van der Waals surface area contributed by atoms with E-state index in [4.69, 9.17) is 5.73 Å². The van der Waals surface area contributed by atoms with Gasteiger partial charge in [0.15, 0.2) is 0 Å². The molecule has 0 saturated carbocycles. The van der Waals surface area contributed by atoms with E-state index in [-0.39, 0.29) is 11.9 Å². The Labute approximate surface area is 112 Å². The molecule has 0 radical (unpaired) electrons. The average molecular weight is 258 g/mol. The zero-order chi connectivity index (χ0) is 13.8. The number of nitrogens with two attached hydrogens (primary N) is 1. The lowest BCUT2D eigenvalue weighted by atomic mass is 10.1. The van der Waals surface area contributed by atoms with Crippen molar-refractivity contribution in [1.82, 2.24) is 14.9 Å². The fourth-order valence-corrected chi connectivity index (χ4v) is 1.97. The summed E-state index contributed by atoms with van der Waals surface area (Å²) in [4.78, 5) is 16.2. The van der Waals surface area contributed by atoms with Gasteiger partial charge in [0.25, 0.3) is 0 Å². The van der Waals surface area contributed by atoms with Gasteiger partial charge >= 0.3 is 0 Å². The number of carbonyl (C=O) groups is 1. The predicted molar refractivity (Wildman–Crippen MR) is 74.3 cm³/mol. The third kappa shape index (κ3) is 3.34. The van der Waals surface area contributed by atoms with Crippen LogP contribution in [0.25, 0.3) is 0 Å². The van der Waals surface area contributed by atoms with Crippen LogP contribution in [0.4, 0.5) is 5.69 Å². The Hall–Kier alpha value is -2.30. The number of imidazole rings is 1. The van der Waals surface area contributed by atoms with Gasteiger partial charge in [0.1, 0.15) is 5.82 Å². The van der Waals surface area contributed by atoms with Gasteiger partial charge in [-0.1, -0.05) is 12.1 Å². The van der Waals surface area contributed by atoms with E-state index < -0.39 is 0 Å². The molecular formula is C14H18N4O. The van der Waals surface area contributed by atoms with Gasteiger partial charge in [0.05, 0.1) is 12.5 Å². The number of anilines is 1. The second-order valence-corrected chi connectivity index (χ2v) is 4.60. The molecule has 1 amide bonds. The van der Waals surface area contributed by atoms with E-state index >= 15 is 0 Å². The summed E-state index contributed by atoms with van der Waals surface area (Å²) in [5, 5.41) is 2.93. The highest BCUT2D eigenvalue weighted by Gasteiger charge is 2.13. The van der Waals surface area contributed by atoms with Crippen LogP contribution in [0.5, 0.6) is 0 Å². The van der Waals surface area contributed by atoms with Gasteiger partial charge in [0.2, 0.25) is 5.91 Å². The second kappa shape index (κ2) is 5.56. The molecule has 0 aliphatic heterocycles. The van der Waals surface area contributed by atoms with Crippen LogP contribution in [0.1, 0.15) is 24.4 Å². The highest BCUT2D eigenvalue weighted by Crippen LogP contribution is 2.10. The molecule has 0 fully saturated rings. The number of aryl methyl sites for hydroxylation is 1. The fraction of sp³-hybridized carbons (Fsp3) is 0.286. The molecule has 0 aliphatic carbocycles. The molecule has 5 nitrogen and oxygen atoms in total. The fourth-order valence-electron chi connectivity index (χ4n) is 1.97. The maximum absolute atomic E-state index is 11.9. The minimum absolute atomic E-state index is 0.0275. The molecule has 5 heteroatoms. The molecule has 100 valence electrons. The van der Waals surface area contributed by atoms with Crippen LogP contribution in [0.3, 0.4) is 0 Å². The molecule has 0 spiro atoms. The number of hydrogen-bond acceptors (Lipinski definition) is 3. The summed E-state index contributed by atoms with van der Waals surface area (Å²) in [5.41, 5.74) is 7.25. The molecule has 1 aromatic carbocycles. The third-order valence-electron chi connectivity index (χ3n) is 2.97. The minimum atomic E-state index is -0.110. The first-order valence-electron chi connectivity index (χ1n) is 6.17. The number of aromatic nitrogens is 2. The first-order valence-corrected chi connectivity index (χ1v) is 6.17. The Kier molecular flexibility index (Phi) is 3.85. The normalized spacial score (nSPS) is 12.1. The molecule has 1 atom stereocenters. The molecule has 2 aromatic rings. The van der Waals surface area contributed by atoms with E-state index in [1.54, 1.807) is 18.3 Å². The summed E-state index contributed by atoms with van der Waals surface area (Å²) in [6.07, 6.45) is 3.92. The maximum Gasteiger partial charge on any atom is 0.224 e. The Morgan fingerprint density at radius 3 is 2.68 bits per heavy atom. The number of nitrogen functional groups attached to an aromatic ring is 1. The Balaban J connectivity index is 1.94. The van der Waals surface area contributed by atoms with Crippen molar-refractivity contribution in [2.75, 3.05) is 5.73 Å². The van der Waals surface area contributed by atoms with Gasteiger partial charge in [0, 0.05) is 25.1 Å². The van der Waals surface area contributed by atoms with Crippen molar-refractivity contribution in [2.45, 2.75) is 19.4 Å². The van der Waals surface area contributed by atoms with Crippen LogP contribution in [-0.2, 0) is 18.3 Å². The van der Waals surface area contributed by atoms with Crippen molar-refractivity contribution in [1.29, 1.82) is 0 Å². The standard InChI is InChI=1S/C14H18N4O/c1-10(14-16-7-8-18(14)2)17-13(19)9-11-3-5-12(15)6-4-11/h3-8,10H,9,15H2,1-2H3,(H,17,19). The number of amides is 1. The summed E-state index contributed by atoms with van der Waals surface area (Å²) in [6.45, 7) is 1.92. The summed E-state index contributed by atoms with van der Waals surface area (Å²) in [6, 6.07) is 7.21. The van der Waals surface area contributed by atoms with Crippen molar-refractivity contribution in [3.8, 4) is 0 Å². The van der Waals surface area contributed by atoms with Gasteiger partial charge in [-0.3, -0.25) is 4.79 Å². The Bertz CT molecular complexity index is 559. The van der Waals surface area contributed by atoms with E-state index in [0.29, 0.717) is 12.1 Å². The first kappa shape index (κ1) is 13.1. The molecule has 2 rings (SSSR count). The molecule has 1 heterocycles. The van der Waals surface area contributed by atoms with Gasteiger partial charge < -0.3 is 15.6 Å². The van der Waals surface area contributed by atoms with Crippen LogP contribution >= 0.6 is 0 Å². The van der Waals surface area contributed by atoms with E-state index in [2.05, 4.69) is 10.3 Å². The van der Waals surface area contributed by atoms with Crippen molar-refractivity contribution in [2.24, 2.45) is 7.05 Å².